The molecule has 0 saturated carbocycles. The van der Waals surface area contributed by atoms with E-state index in [2.05, 4.69) is 53.6 Å². The van der Waals surface area contributed by atoms with E-state index in [-0.39, 0.29) is 0 Å². The number of para-hydroxylation sites is 2. The predicted octanol–water partition coefficient (Wildman–Crippen LogP) is 1.37. The molecule has 1 aromatic carbocycles. The molecule has 3 rings (SSSR count). The summed E-state index contributed by atoms with van der Waals surface area (Å²) in [6.45, 7) is 8.38. The first-order valence-corrected chi connectivity index (χ1v) is 7.50. The normalized spacial score (nSPS) is 27.8. The quantitative estimate of drug-likeness (QED) is 0.712. The summed E-state index contributed by atoms with van der Waals surface area (Å²) in [6.07, 6.45) is 0.339. The number of anilines is 2. The van der Waals surface area contributed by atoms with Gasteiger partial charge in [-0.2, -0.15) is 0 Å². The topological polar surface area (TPSA) is 56.6 Å². The average molecular weight is 275 g/mol. The Bertz CT molecular complexity index is 461. The molecule has 2 atom stereocenters. The Labute approximate surface area is 121 Å². The second-order valence-corrected chi connectivity index (χ2v) is 6.13. The standard InChI is InChI=1S/C15H25N5/c1-11(2)14-10-19(16)7-8-20(14)15-9-17-12-5-3-4-6-13(12)18-15/h3-6,11,14-15,17-18H,7-10,16H2,1-2H3. The lowest BCUT2D eigenvalue weighted by molar-refractivity contribution is 0.0288. The van der Waals surface area contributed by atoms with Crippen LogP contribution in [0.2, 0.25) is 0 Å². The number of benzene rings is 1. The third-order valence-electron chi connectivity index (χ3n) is 4.40. The zero-order valence-electron chi connectivity index (χ0n) is 12.3. The second kappa shape index (κ2) is 5.60. The summed E-state index contributed by atoms with van der Waals surface area (Å²) < 4.78 is 0. The van der Waals surface area contributed by atoms with Gasteiger partial charge in [-0.3, -0.25) is 10.7 Å². The number of fused-ring (bicyclic) bond motifs is 1. The maximum absolute atomic E-state index is 6.00. The summed E-state index contributed by atoms with van der Waals surface area (Å²) in [5, 5.41) is 9.15. The van der Waals surface area contributed by atoms with E-state index in [1.165, 1.54) is 11.4 Å². The van der Waals surface area contributed by atoms with Crippen molar-refractivity contribution in [1.29, 1.82) is 0 Å². The van der Waals surface area contributed by atoms with Crippen LogP contribution in [0.5, 0.6) is 0 Å². The lowest BCUT2D eigenvalue weighted by Gasteiger charge is -2.47. The number of hydrazine groups is 1. The smallest absolute Gasteiger partial charge is 0.0974 e. The molecule has 2 aliphatic rings. The van der Waals surface area contributed by atoms with Crippen molar-refractivity contribution in [3.05, 3.63) is 24.3 Å². The molecular weight excluding hydrogens is 250 g/mol. The van der Waals surface area contributed by atoms with Gasteiger partial charge in [0.2, 0.25) is 0 Å². The third-order valence-corrected chi connectivity index (χ3v) is 4.40. The predicted molar refractivity (Wildman–Crippen MR) is 83.4 cm³/mol. The molecule has 0 amide bonds. The van der Waals surface area contributed by atoms with Gasteiger partial charge in [-0.05, 0) is 18.1 Å². The van der Waals surface area contributed by atoms with Gasteiger partial charge in [0, 0.05) is 32.2 Å². The lowest BCUT2D eigenvalue weighted by Crippen LogP contribution is -2.63. The van der Waals surface area contributed by atoms with E-state index in [0.29, 0.717) is 18.1 Å². The highest BCUT2D eigenvalue weighted by Gasteiger charge is 2.34. The van der Waals surface area contributed by atoms with E-state index in [4.69, 9.17) is 5.84 Å². The van der Waals surface area contributed by atoms with Crippen molar-refractivity contribution >= 4 is 11.4 Å². The van der Waals surface area contributed by atoms with E-state index in [9.17, 15) is 0 Å². The fourth-order valence-corrected chi connectivity index (χ4v) is 3.23. The van der Waals surface area contributed by atoms with Crippen LogP contribution in [-0.2, 0) is 0 Å². The van der Waals surface area contributed by atoms with Crippen molar-refractivity contribution in [1.82, 2.24) is 9.91 Å². The molecule has 0 bridgehead atoms. The minimum Gasteiger partial charge on any atom is -0.380 e. The summed E-state index contributed by atoms with van der Waals surface area (Å²) in [7, 11) is 0. The zero-order chi connectivity index (χ0) is 14.1. The van der Waals surface area contributed by atoms with E-state index in [0.717, 1.165) is 26.2 Å². The molecule has 4 N–H and O–H groups in total. The molecule has 20 heavy (non-hydrogen) atoms. The molecule has 0 aliphatic carbocycles. The molecule has 1 fully saturated rings. The van der Waals surface area contributed by atoms with Gasteiger partial charge in [0.1, 0.15) is 0 Å². The molecule has 2 heterocycles. The highest BCUT2D eigenvalue weighted by Crippen LogP contribution is 2.28. The number of hydrogen-bond acceptors (Lipinski definition) is 5. The van der Waals surface area contributed by atoms with Crippen LogP contribution < -0.4 is 16.5 Å². The fourth-order valence-electron chi connectivity index (χ4n) is 3.23. The Morgan fingerprint density at radius 3 is 2.70 bits per heavy atom. The molecule has 5 heteroatoms. The van der Waals surface area contributed by atoms with Crippen LogP contribution in [0.3, 0.4) is 0 Å². The van der Waals surface area contributed by atoms with Crippen LogP contribution >= 0.6 is 0 Å². The monoisotopic (exact) mass is 275 g/mol. The average Bonchev–Trinajstić information content (AvgIpc) is 2.46. The molecule has 1 saturated heterocycles. The molecule has 110 valence electrons. The molecule has 0 spiro atoms. The Kier molecular flexibility index (Phi) is 3.83. The number of rotatable bonds is 2. The van der Waals surface area contributed by atoms with E-state index < -0.39 is 0 Å². The van der Waals surface area contributed by atoms with Crippen LogP contribution in [0.25, 0.3) is 0 Å². The van der Waals surface area contributed by atoms with E-state index in [1.54, 1.807) is 0 Å². The minimum atomic E-state index is 0.339. The van der Waals surface area contributed by atoms with Crippen molar-refractivity contribution in [2.45, 2.75) is 26.1 Å². The van der Waals surface area contributed by atoms with Crippen molar-refractivity contribution in [3.8, 4) is 0 Å². The fraction of sp³-hybridized carbons (Fsp3) is 0.600. The Hall–Kier alpha value is -1.30. The van der Waals surface area contributed by atoms with Crippen LogP contribution in [0.1, 0.15) is 13.8 Å². The van der Waals surface area contributed by atoms with Crippen molar-refractivity contribution in [2.75, 3.05) is 36.8 Å². The molecule has 2 aliphatic heterocycles. The van der Waals surface area contributed by atoms with Gasteiger partial charge in [0.25, 0.3) is 0 Å². The van der Waals surface area contributed by atoms with Crippen LogP contribution in [-0.4, -0.2) is 48.3 Å². The zero-order valence-corrected chi connectivity index (χ0v) is 12.3. The third kappa shape index (κ3) is 2.61. The van der Waals surface area contributed by atoms with Gasteiger partial charge < -0.3 is 10.6 Å². The van der Waals surface area contributed by atoms with Crippen LogP contribution in [0.15, 0.2) is 24.3 Å². The first-order valence-electron chi connectivity index (χ1n) is 7.50. The van der Waals surface area contributed by atoms with Gasteiger partial charge in [0.15, 0.2) is 0 Å². The minimum absolute atomic E-state index is 0.339. The summed E-state index contributed by atoms with van der Waals surface area (Å²) in [5.41, 5.74) is 2.39. The number of nitrogens with two attached hydrogens (primary N) is 1. The number of nitrogens with one attached hydrogen (secondary N) is 2. The SMILES string of the molecule is CC(C)C1CN(N)CCN1C1CNc2ccccc2N1. The van der Waals surface area contributed by atoms with Gasteiger partial charge in [-0.25, -0.2) is 5.01 Å². The largest absolute Gasteiger partial charge is 0.380 e. The summed E-state index contributed by atoms with van der Waals surface area (Å²) in [4.78, 5) is 2.57. The molecule has 0 radical (unpaired) electrons. The summed E-state index contributed by atoms with van der Waals surface area (Å²) in [6, 6.07) is 8.90. The van der Waals surface area contributed by atoms with Gasteiger partial charge in [-0.1, -0.05) is 26.0 Å². The molecule has 1 aromatic rings. The van der Waals surface area contributed by atoms with Crippen molar-refractivity contribution < 1.29 is 0 Å². The number of hydrogen-bond donors (Lipinski definition) is 3. The molecule has 0 aromatic heterocycles. The van der Waals surface area contributed by atoms with Crippen molar-refractivity contribution in [2.24, 2.45) is 11.8 Å². The van der Waals surface area contributed by atoms with Crippen LogP contribution in [0, 0.1) is 5.92 Å². The Morgan fingerprint density at radius 2 is 1.95 bits per heavy atom. The van der Waals surface area contributed by atoms with Crippen molar-refractivity contribution in [3.63, 3.8) is 0 Å². The maximum Gasteiger partial charge on any atom is 0.0974 e. The maximum atomic E-state index is 6.00. The van der Waals surface area contributed by atoms with E-state index >= 15 is 0 Å². The molecular formula is C15H25N5. The Balaban J connectivity index is 1.76. The first-order chi connectivity index (χ1) is 9.65. The van der Waals surface area contributed by atoms with Crippen LogP contribution in [0.4, 0.5) is 11.4 Å². The molecule has 2 unspecified atom stereocenters. The highest BCUT2D eigenvalue weighted by atomic mass is 15.5. The Morgan fingerprint density at radius 1 is 1.20 bits per heavy atom. The van der Waals surface area contributed by atoms with Gasteiger partial charge in [0.05, 0.1) is 17.5 Å². The number of nitrogens with zero attached hydrogens (tertiary/aromatic N) is 2. The summed E-state index contributed by atoms with van der Waals surface area (Å²) >= 11 is 0. The lowest BCUT2D eigenvalue weighted by atomic mass is 9.99. The first kappa shape index (κ1) is 13.7. The summed E-state index contributed by atoms with van der Waals surface area (Å²) in [5.74, 6) is 6.60. The van der Waals surface area contributed by atoms with Gasteiger partial charge in [-0.15, -0.1) is 0 Å². The second-order valence-electron chi connectivity index (χ2n) is 6.13. The van der Waals surface area contributed by atoms with E-state index in [1.807, 2.05) is 5.01 Å². The number of piperazine rings is 1. The van der Waals surface area contributed by atoms with Gasteiger partial charge >= 0.3 is 0 Å². The molecule has 5 nitrogen and oxygen atoms in total. The highest BCUT2D eigenvalue weighted by molar-refractivity contribution is 5.70.